The zero-order valence-corrected chi connectivity index (χ0v) is 38.7. The van der Waals surface area contributed by atoms with Gasteiger partial charge >= 0.3 is 5.97 Å². The van der Waals surface area contributed by atoms with E-state index in [4.69, 9.17) is 21.1 Å². The molecule has 9 rings (SSSR count). The molecule has 4 aromatic carbocycles. The van der Waals surface area contributed by atoms with Crippen LogP contribution in [0.3, 0.4) is 0 Å². The van der Waals surface area contributed by atoms with Gasteiger partial charge in [-0.3, -0.25) is 43.8 Å². The molecule has 3 aliphatic rings. The predicted molar refractivity (Wildman–Crippen MR) is 250 cm³/mol. The molecule has 352 valence electrons. The van der Waals surface area contributed by atoms with Gasteiger partial charge in [-0.05, 0) is 93.4 Å². The van der Waals surface area contributed by atoms with Crippen LogP contribution in [0.15, 0.2) is 66.7 Å². The number of aryl methyl sites for hydroxylation is 3. The molecule has 1 unspecified atom stereocenters. The van der Waals surface area contributed by atoms with E-state index < -0.39 is 41.7 Å². The third-order valence-electron chi connectivity index (χ3n) is 13.3. The van der Waals surface area contributed by atoms with Gasteiger partial charge in [0.15, 0.2) is 6.10 Å². The van der Waals surface area contributed by atoms with E-state index in [9.17, 15) is 38.3 Å². The van der Waals surface area contributed by atoms with Gasteiger partial charge in [0.1, 0.15) is 29.1 Å². The summed E-state index contributed by atoms with van der Waals surface area (Å²) in [6.45, 7) is 8.11. The fourth-order valence-electron chi connectivity index (χ4n) is 9.88. The predicted octanol–water partition coefficient (Wildman–Crippen LogP) is 6.33. The summed E-state index contributed by atoms with van der Waals surface area (Å²) in [6, 6.07) is 17.0. The Morgan fingerprint density at radius 3 is 2.37 bits per heavy atom. The molecule has 2 atom stereocenters. The van der Waals surface area contributed by atoms with Gasteiger partial charge in [0.05, 0.1) is 34.0 Å². The molecule has 5 heterocycles. The maximum Gasteiger partial charge on any atom is 0.352 e. The van der Waals surface area contributed by atoms with Gasteiger partial charge < -0.3 is 24.0 Å². The molecule has 6 aromatic rings. The van der Waals surface area contributed by atoms with Crippen molar-refractivity contribution in [3.63, 3.8) is 0 Å². The van der Waals surface area contributed by atoms with Crippen LogP contribution in [-0.4, -0.2) is 121 Å². The number of imide groups is 2. The first-order chi connectivity index (χ1) is 32.6. The van der Waals surface area contributed by atoms with E-state index in [0.717, 1.165) is 32.6 Å². The molecule has 0 saturated carbocycles. The number of fused-ring (bicyclic) bond motifs is 3. The molecule has 2 N–H and O–H groups in total. The molecule has 3 aliphatic heterocycles. The number of carboxylic acids is 1. The van der Waals surface area contributed by atoms with E-state index in [1.807, 2.05) is 43.7 Å². The van der Waals surface area contributed by atoms with Crippen LogP contribution in [0.5, 0.6) is 11.5 Å². The molecule has 0 spiro atoms. The first kappa shape index (κ1) is 46.0. The fraction of sp³-hybridized carbons (Fsp3) is 0.340. The summed E-state index contributed by atoms with van der Waals surface area (Å²) in [5.41, 5.74) is 4.64. The quantitative estimate of drug-likeness (QED) is 0.0919. The molecule has 0 bridgehead atoms. The Labute approximate surface area is 395 Å². The number of amides is 5. The Balaban J connectivity index is 0.912. The van der Waals surface area contributed by atoms with Gasteiger partial charge in [-0.1, -0.05) is 35.9 Å². The lowest BCUT2D eigenvalue weighted by atomic mass is 9.98. The number of hydrogen-bond acceptors (Lipinski definition) is 10. The summed E-state index contributed by atoms with van der Waals surface area (Å²) in [7, 11) is 1.85. The van der Waals surface area contributed by atoms with Crippen molar-refractivity contribution in [2.24, 2.45) is 7.05 Å². The molecule has 18 heteroatoms. The number of carbonyl (C=O) groups excluding carboxylic acids is 5. The van der Waals surface area contributed by atoms with E-state index >= 15 is 0 Å². The van der Waals surface area contributed by atoms with Gasteiger partial charge in [0.2, 0.25) is 11.8 Å². The lowest BCUT2D eigenvalue weighted by Gasteiger charge is -2.36. The zero-order valence-electron chi connectivity index (χ0n) is 37.9. The van der Waals surface area contributed by atoms with Crippen molar-refractivity contribution in [2.45, 2.75) is 65.1 Å². The minimum absolute atomic E-state index is 0.00675. The van der Waals surface area contributed by atoms with Crippen molar-refractivity contribution >= 4 is 68.8 Å². The molecule has 16 nitrogen and oxygen atoms in total. The van der Waals surface area contributed by atoms with Gasteiger partial charge in [-0.2, -0.15) is 5.10 Å². The third-order valence-corrected chi connectivity index (χ3v) is 13.6. The number of aromatic carboxylic acids is 1. The summed E-state index contributed by atoms with van der Waals surface area (Å²) in [5.74, 6) is -3.72. The van der Waals surface area contributed by atoms with E-state index in [2.05, 4.69) is 15.3 Å². The normalized spacial score (nSPS) is 17.0. The second-order valence-corrected chi connectivity index (χ2v) is 17.8. The topological polar surface area (TPSA) is 186 Å². The number of ether oxygens (including phenoxy) is 2. The summed E-state index contributed by atoms with van der Waals surface area (Å²) < 4.78 is 29.9. The number of halogens is 2. The number of benzene rings is 4. The maximum absolute atomic E-state index is 14.0. The lowest BCUT2D eigenvalue weighted by Crippen LogP contribution is -2.54. The number of hydrogen-bond donors (Lipinski definition) is 2. The second kappa shape index (κ2) is 18.5. The van der Waals surface area contributed by atoms with Crippen molar-refractivity contribution in [3.8, 4) is 22.6 Å². The zero-order chi connectivity index (χ0) is 48.1. The molecule has 68 heavy (non-hydrogen) atoms. The highest BCUT2D eigenvalue weighted by Crippen LogP contribution is 2.42. The van der Waals surface area contributed by atoms with Crippen molar-refractivity contribution in [1.29, 1.82) is 0 Å². The third kappa shape index (κ3) is 8.33. The lowest BCUT2D eigenvalue weighted by molar-refractivity contribution is -0.140. The minimum Gasteiger partial charge on any atom is -0.493 e. The monoisotopic (exact) mass is 945 g/mol. The molecule has 2 aromatic heterocycles. The van der Waals surface area contributed by atoms with Gasteiger partial charge in [0, 0.05) is 80.3 Å². The number of aromatic nitrogens is 3. The number of carbonyl (C=O) groups is 6. The molecule has 0 aliphatic carbocycles. The van der Waals surface area contributed by atoms with Crippen LogP contribution in [0, 0.1) is 19.7 Å². The number of piperidine rings is 1. The molecular weight excluding hydrogens is 897 g/mol. The highest BCUT2D eigenvalue weighted by atomic mass is 35.5. The smallest absolute Gasteiger partial charge is 0.352 e. The fourth-order valence-corrected chi connectivity index (χ4v) is 10.1. The maximum atomic E-state index is 14.0. The van der Waals surface area contributed by atoms with Crippen LogP contribution >= 0.6 is 11.6 Å². The minimum atomic E-state index is -1.14. The van der Waals surface area contributed by atoms with E-state index in [1.54, 1.807) is 40.8 Å². The molecule has 2 fully saturated rings. The average Bonchev–Trinajstić information content (AvgIpc) is 3.87. The average molecular weight is 946 g/mol. The number of nitrogens with zero attached hydrogens (tertiary/aromatic N) is 6. The standard InChI is InChI=1S/C50H49ClFN7O9/c1-27-41(28(2)55(4)54-27)43-36(51)16-15-34-33(10-7-25-67-38-11-5-8-30-26-31(52)13-14-32(30)38)45(50(65)66)58(44(34)43)24-21-56-19-22-57(23-20-56)47(62)29(3)68-39-12-6-9-35-42(39)49(64)59(48(35)63)37-17-18-40(60)53-46(37)61/h5-6,8-9,11-16,26,29,37H,7,10,17-25H2,1-4H3,(H,65,66)(H,53,60,61)/t29?,37-/m0/s1. The molecule has 2 saturated heterocycles. The molecule has 0 radical (unpaired) electrons. The highest BCUT2D eigenvalue weighted by Gasteiger charge is 2.46. The highest BCUT2D eigenvalue weighted by molar-refractivity contribution is 6.35. The van der Waals surface area contributed by atoms with Gasteiger partial charge in [0.25, 0.3) is 17.7 Å². The van der Waals surface area contributed by atoms with Crippen molar-refractivity contribution in [3.05, 3.63) is 111 Å². The van der Waals surface area contributed by atoms with Crippen molar-refractivity contribution < 1.29 is 47.7 Å². The summed E-state index contributed by atoms with van der Waals surface area (Å²) in [5, 5.41) is 20.5. The number of piperazine rings is 1. The van der Waals surface area contributed by atoms with E-state index in [1.165, 1.54) is 24.3 Å². The summed E-state index contributed by atoms with van der Waals surface area (Å²) in [4.78, 5) is 83.3. The van der Waals surface area contributed by atoms with Crippen LogP contribution in [0.2, 0.25) is 5.02 Å². The number of nitrogens with one attached hydrogen (secondary N) is 1. The summed E-state index contributed by atoms with van der Waals surface area (Å²) >= 11 is 7.06. The Hall–Kier alpha value is -7.11. The Kier molecular flexibility index (Phi) is 12.5. The van der Waals surface area contributed by atoms with Crippen LogP contribution in [0.4, 0.5) is 4.39 Å². The number of carboxylic acid groups (broad SMARTS) is 1. The van der Waals surface area contributed by atoms with E-state index in [0.29, 0.717) is 84.9 Å². The number of rotatable bonds is 14. The first-order valence-electron chi connectivity index (χ1n) is 22.5. The van der Waals surface area contributed by atoms with Gasteiger partial charge in [-0.25, -0.2) is 9.18 Å². The van der Waals surface area contributed by atoms with Crippen molar-refractivity contribution in [2.75, 3.05) is 39.3 Å². The largest absolute Gasteiger partial charge is 0.493 e. The molecule has 5 amide bonds. The van der Waals surface area contributed by atoms with Crippen LogP contribution in [0.25, 0.3) is 32.8 Å². The Morgan fingerprint density at radius 2 is 1.65 bits per heavy atom. The Morgan fingerprint density at radius 1 is 0.912 bits per heavy atom. The van der Waals surface area contributed by atoms with Crippen LogP contribution in [0.1, 0.15) is 74.3 Å². The Bertz CT molecular complexity index is 3080. The summed E-state index contributed by atoms with van der Waals surface area (Å²) in [6.07, 6.45) is -0.176. The van der Waals surface area contributed by atoms with Crippen LogP contribution < -0.4 is 14.8 Å². The van der Waals surface area contributed by atoms with Crippen LogP contribution in [-0.2, 0) is 34.4 Å². The molecular formula is C50H49ClFN7O9. The van der Waals surface area contributed by atoms with E-state index in [-0.39, 0.29) is 53.7 Å². The van der Waals surface area contributed by atoms with Gasteiger partial charge in [-0.15, -0.1) is 0 Å². The SMILES string of the molecule is Cc1nn(C)c(C)c1-c1c(Cl)ccc2c(CCCOc3cccc4cc(F)ccc34)c(C(=O)O)n(CCN3CCN(C(=O)C(C)Oc4cccc5c4C(=O)N([C@H]4CCC(=O)NC4=O)C5=O)CC3)c12. The second-order valence-electron chi connectivity index (χ2n) is 17.4. The first-order valence-corrected chi connectivity index (χ1v) is 22.9. The van der Waals surface area contributed by atoms with Crippen molar-refractivity contribution in [1.82, 2.24) is 34.4 Å².